The zero-order valence-electron chi connectivity index (χ0n) is 16.0. The van der Waals surface area contributed by atoms with Crippen molar-refractivity contribution in [3.63, 3.8) is 0 Å². The molecular weight excluding hydrogens is 365 g/mol. The maximum atomic E-state index is 12.1. The number of carbonyl (C=O) groups is 2. The maximum Gasteiger partial charge on any atom is 0.275 e. The standard InChI is InChI=1S/C15H15N5O3.C3H6.CH3F/c1-3-10(4-2)18-15(23)13-11(8-17-20-13)19-14(22)9-5-6-12(21)16-7-9;1-3-2;1-2/h3-8H,1H2,2H3,(H,16,21)(H,17,20)(H,18,23)(H,19,22);3H,1H2,2H3;1H3/b10-4+;;. The van der Waals surface area contributed by atoms with E-state index < -0.39 is 11.8 Å². The number of H-pyrrole nitrogens is 2. The molecule has 8 nitrogen and oxygen atoms in total. The summed E-state index contributed by atoms with van der Waals surface area (Å²) in [4.78, 5) is 37.6. The number of nitrogens with zero attached hydrogens (tertiary/aromatic N) is 1. The van der Waals surface area contributed by atoms with Gasteiger partial charge in [-0.25, -0.2) is 0 Å². The molecule has 2 amide bonds. The quantitative estimate of drug-likeness (QED) is 0.464. The van der Waals surface area contributed by atoms with Crippen molar-refractivity contribution in [2.75, 3.05) is 12.5 Å². The third-order valence-corrected chi connectivity index (χ3v) is 2.95. The fourth-order valence-electron chi connectivity index (χ4n) is 1.73. The van der Waals surface area contributed by atoms with Crippen LogP contribution >= 0.6 is 0 Å². The van der Waals surface area contributed by atoms with E-state index in [1.807, 2.05) is 6.92 Å². The Labute approximate surface area is 162 Å². The fraction of sp³-hybridized carbons (Fsp3) is 0.158. The molecule has 0 aliphatic carbocycles. The van der Waals surface area contributed by atoms with E-state index in [-0.39, 0.29) is 22.5 Å². The molecule has 0 spiro atoms. The topological polar surface area (TPSA) is 120 Å². The predicted molar refractivity (Wildman–Crippen MR) is 108 cm³/mol. The number of aromatic nitrogens is 3. The van der Waals surface area contributed by atoms with E-state index in [4.69, 9.17) is 0 Å². The number of nitrogens with one attached hydrogen (secondary N) is 4. The van der Waals surface area contributed by atoms with Crippen LogP contribution in [-0.4, -0.2) is 34.2 Å². The van der Waals surface area contributed by atoms with E-state index in [1.54, 1.807) is 19.1 Å². The van der Waals surface area contributed by atoms with Crippen LogP contribution in [0.4, 0.5) is 10.1 Å². The molecule has 0 saturated carbocycles. The summed E-state index contributed by atoms with van der Waals surface area (Å²) in [6.45, 7) is 10.6. The molecule has 0 saturated heterocycles. The Kier molecular flexibility index (Phi) is 11.7. The molecule has 4 N–H and O–H groups in total. The van der Waals surface area contributed by atoms with Gasteiger partial charge in [-0.3, -0.25) is 23.9 Å². The number of hydrogen-bond donors (Lipinski definition) is 4. The van der Waals surface area contributed by atoms with Crippen molar-refractivity contribution in [1.29, 1.82) is 0 Å². The number of anilines is 1. The van der Waals surface area contributed by atoms with Gasteiger partial charge in [0.2, 0.25) is 5.56 Å². The van der Waals surface area contributed by atoms with Gasteiger partial charge in [0.15, 0.2) is 0 Å². The van der Waals surface area contributed by atoms with E-state index >= 15 is 0 Å². The minimum Gasteiger partial charge on any atom is -0.328 e. The number of aromatic amines is 2. The van der Waals surface area contributed by atoms with Crippen LogP contribution in [0.5, 0.6) is 0 Å². The lowest BCUT2D eigenvalue weighted by atomic mass is 10.2. The average Bonchev–Trinajstić information content (AvgIpc) is 3.16. The highest BCUT2D eigenvalue weighted by Crippen LogP contribution is 2.13. The van der Waals surface area contributed by atoms with Crippen molar-refractivity contribution < 1.29 is 14.0 Å². The summed E-state index contributed by atoms with van der Waals surface area (Å²) in [7, 11) is 0.500. The Hall–Kier alpha value is -3.75. The molecule has 0 aromatic carbocycles. The third-order valence-electron chi connectivity index (χ3n) is 2.95. The number of halogens is 1. The van der Waals surface area contributed by atoms with Crippen LogP contribution in [0.3, 0.4) is 0 Å². The van der Waals surface area contributed by atoms with E-state index in [0.29, 0.717) is 12.9 Å². The second-order valence-electron chi connectivity index (χ2n) is 4.86. The highest BCUT2D eigenvalue weighted by Gasteiger charge is 2.17. The first-order valence-electron chi connectivity index (χ1n) is 8.05. The van der Waals surface area contributed by atoms with Crippen LogP contribution in [0.25, 0.3) is 0 Å². The van der Waals surface area contributed by atoms with Crippen molar-refractivity contribution in [2.24, 2.45) is 0 Å². The lowest BCUT2D eigenvalue weighted by molar-refractivity contribution is 0.0963. The second-order valence-corrected chi connectivity index (χ2v) is 4.86. The van der Waals surface area contributed by atoms with Gasteiger partial charge in [-0.2, -0.15) is 5.10 Å². The molecule has 150 valence electrons. The lowest BCUT2D eigenvalue weighted by Crippen LogP contribution is -2.24. The van der Waals surface area contributed by atoms with E-state index in [9.17, 15) is 18.8 Å². The molecule has 2 rings (SSSR count). The van der Waals surface area contributed by atoms with Crippen LogP contribution in [-0.2, 0) is 0 Å². The molecule has 0 radical (unpaired) electrons. The van der Waals surface area contributed by atoms with Gasteiger partial charge in [0.05, 0.1) is 24.6 Å². The molecule has 0 unspecified atom stereocenters. The molecule has 0 aliphatic heterocycles. The van der Waals surface area contributed by atoms with Crippen molar-refractivity contribution in [3.05, 3.63) is 83.2 Å². The second kappa shape index (κ2) is 13.5. The van der Waals surface area contributed by atoms with Crippen LogP contribution in [0.1, 0.15) is 34.7 Å². The first kappa shape index (κ1) is 24.2. The number of carbonyl (C=O) groups excluding carboxylic acids is 2. The number of allylic oxidation sites excluding steroid dienone is 3. The third kappa shape index (κ3) is 7.65. The highest BCUT2D eigenvalue weighted by atomic mass is 19.1. The molecule has 0 bridgehead atoms. The molecular formula is C19H24FN5O3. The minimum absolute atomic E-state index is 0.101. The van der Waals surface area contributed by atoms with Gasteiger partial charge in [0, 0.05) is 18.0 Å². The van der Waals surface area contributed by atoms with Crippen LogP contribution < -0.4 is 16.2 Å². The number of amides is 2. The number of rotatable bonds is 5. The van der Waals surface area contributed by atoms with Gasteiger partial charge >= 0.3 is 0 Å². The normalized spacial score (nSPS) is 9.64. The predicted octanol–water partition coefficient (Wildman–Crippen LogP) is 2.95. The molecule has 0 aliphatic rings. The molecule has 2 aromatic heterocycles. The zero-order chi connectivity index (χ0) is 21.5. The van der Waals surface area contributed by atoms with Gasteiger partial charge in [-0.05, 0) is 26.0 Å². The largest absolute Gasteiger partial charge is 0.328 e. The first-order valence-corrected chi connectivity index (χ1v) is 8.05. The molecule has 0 atom stereocenters. The van der Waals surface area contributed by atoms with Gasteiger partial charge in [0.25, 0.3) is 11.8 Å². The Morgan fingerprint density at radius 2 is 1.82 bits per heavy atom. The highest BCUT2D eigenvalue weighted by molar-refractivity contribution is 6.08. The van der Waals surface area contributed by atoms with Crippen LogP contribution in [0, 0.1) is 0 Å². The van der Waals surface area contributed by atoms with Crippen molar-refractivity contribution in [1.82, 2.24) is 20.5 Å². The van der Waals surface area contributed by atoms with Crippen molar-refractivity contribution >= 4 is 17.5 Å². The number of pyridine rings is 1. The van der Waals surface area contributed by atoms with Crippen molar-refractivity contribution in [2.45, 2.75) is 13.8 Å². The van der Waals surface area contributed by atoms with E-state index in [2.05, 4.69) is 39.0 Å². The summed E-state index contributed by atoms with van der Waals surface area (Å²) in [6.07, 6.45) is 7.53. The van der Waals surface area contributed by atoms with Gasteiger partial charge in [-0.1, -0.05) is 18.7 Å². The Morgan fingerprint density at radius 3 is 2.32 bits per heavy atom. The zero-order valence-corrected chi connectivity index (χ0v) is 16.0. The summed E-state index contributed by atoms with van der Waals surface area (Å²) < 4.78 is 9.50. The molecule has 0 fully saturated rings. The SMILES string of the molecule is C=C/C(=C\C)NC(=O)c1[nH]ncc1NC(=O)c1ccc(=O)[nH]c1.C=CC.CF. The van der Waals surface area contributed by atoms with Gasteiger partial charge in [-0.15, -0.1) is 6.58 Å². The maximum absolute atomic E-state index is 12.1. The summed E-state index contributed by atoms with van der Waals surface area (Å²) in [5.74, 6) is -0.945. The monoisotopic (exact) mass is 389 g/mol. The Morgan fingerprint density at radius 1 is 1.18 bits per heavy atom. The number of hydrogen-bond acceptors (Lipinski definition) is 4. The van der Waals surface area contributed by atoms with Crippen LogP contribution in [0.2, 0.25) is 0 Å². The summed E-state index contributed by atoms with van der Waals surface area (Å²) in [6, 6.07) is 2.62. The fourth-order valence-corrected chi connectivity index (χ4v) is 1.73. The molecule has 2 aromatic rings. The van der Waals surface area contributed by atoms with E-state index in [1.165, 1.54) is 30.6 Å². The summed E-state index contributed by atoms with van der Waals surface area (Å²) in [5, 5.41) is 11.5. The van der Waals surface area contributed by atoms with Crippen LogP contribution in [0.15, 0.2) is 66.4 Å². The summed E-state index contributed by atoms with van der Waals surface area (Å²) >= 11 is 0. The Bertz CT molecular complexity index is 863. The van der Waals surface area contributed by atoms with E-state index in [0.717, 1.165) is 0 Å². The van der Waals surface area contributed by atoms with Crippen molar-refractivity contribution in [3.8, 4) is 0 Å². The smallest absolute Gasteiger partial charge is 0.275 e. The minimum atomic E-state index is -0.480. The lowest BCUT2D eigenvalue weighted by Gasteiger charge is -2.07. The van der Waals surface area contributed by atoms with Gasteiger partial charge < -0.3 is 15.6 Å². The molecule has 28 heavy (non-hydrogen) atoms. The summed E-state index contributed by atoms with van der Waals surface area (Å²) in [5.41, 5.74) is 0.787. The molecule has 2 heterocycles. The number of alkyl halides is 1. The first-order chi connectivity index (χ1) is 13.5. The average molecular weight is 389 g/mol. The Balaban J connectivity index is 0.00000133. The molecule has 9 heteroatoms. The van der Waals surface area contributed by atoms with Gasteiger partial charge in [0.1, 0.15) is 5.69 Å².